The van der Waals surface area contributed by atoms with Crippen molar-refractivity contribution < 1.29 is 20.1 Å². The van der Waals surface area contributed by atoms with Crippen LogP contribution in [0.3, 0.4) is 0 Å². The van der Waals surface area contributed by atoms with E-state index in [0.29, 0.717) is 6.54 Å². The van der Waals surface area contributed by atoms with Gasteiger partial charge in [0.05, 0.1) is 24.9 Å². The van der Waals surface area contributed by atoms with Gasteiger partial charge in [0.15, 0.2) is 0 Å². The summed E-state index contributed by atoms with van der Waals surface area (Å²) in [6, 6.07) is -0.380. The van der Waals surface area contributed by atoms with Gasteiger partial charge in [-0.15, -0.1) is 12.4 Å². The van der Waals surface area contributed by atoms with Gasteiger partial charge in [0.1, 0.15) is 6.10 Å². The second-order valence-electron chi connectivity index (χ2n) is 2.95. The van der Waals surface area contributed by atoms with Crippen LogP contribution in [-0.2, 0) is 4.74 Å². The fourth-order valence-corrected chi connectivity index (χ4v) is 1.50. The third kappa shape index (κ3) is 2.77. The van der Waals surface area contributed by atoms with Crippen molar-refractivity contribution in [3.8, 4) is 0 Å². The fourth-order valence-electron chi connectivity index (χ4n) is 1.50. The minimum Gasteiger partial charge on any atom is -0.394 e. The van der Waals surface area contributed by atoms with E-state index in [9.17, 15) is 10.2 Å². The van der Waals surface area contributed by atoms with Crippen LogP contribution in [0.4, 0.5) is 0 Å². The molecule has 0 amide bonds. The molecule has 0 bridgehead atoms. The van der Waals surface area contributed by atoms with Crippen LogP contribution in [0.25, 0.3) is 0 Å². The van der Waals surface area contributed by atoms with Gasteiger partial charge in [-0.1, -0.05) is 0 Å². The summed E-state index contributed by atoms with van der Waals surface area (Å²) in [6.45, 7) is 0.0600. The summed E-state index contributed by atoms with van der Waals surface area (Å²) >= 11 is 0. The molecule has 1 heterocycles. The SMILES string of the molecule is CO[C@@H]1[C@H]([C@H](O)CO)NC[C@H]1O.Cl. The highest BCUT2D eigenvalue weighted by atomic mass is 35.5. The molecule has 0 radical (unpaired) electrons. The molecule has 0 aromatic rings. The minimum absolute atomic E-state index is 0. The second kappa shape index (κ2) is 5.74. The standard InChI is InChI=1S/C7H15NO4.ClH/c1-12-7-4(10)2-8-6(7)5(11)3-9;/h4-11H,2-3H2,1H3;1H/t4-,5-,6+,7+;/m1./s1. The molecule has 0 aromatic heterocycles. The quantitative estimate of drug-likeness (QED) is 0.441. The summed E-state index contributed by atoms with van der Waals surface area (Å²) in [5.74, 6) is 0. The lowest BCUT2D eigenvalue weighted by atomic mass is 10.1. The number of aliphatic hydroxyl groups excluding tert-OH is 3. The van der Waals surface area contributed by atoms with Crippen LogP contribution in [0.1, 0.15) is 0 Å². The smallest absolute Gasteiger partial charge is 0.102 e. The van der Waals surface area contributed by atoms with E-state index in [0.717, 1.165) is 0 Å². The molecule has 1 aliphatic heterocycles. The number of aliphatic hydroxyl groups is 3. The van der Waals surface area contributed by atoms with Crippen LogP contribution in [-0.4, -0.2) is 59.9 Å². The average Bonchev–Trinajstić information content (AvgIpc) is 2.45. The Balaban J connectivity index is 0.00000144. The molecule has 0 aromatic carbocycles. The maximum atomic E-state index is 9.32. The molecule has 0 spiro atoms. The molecular formula is C7H16ClNO4. The zero-order chi connectivity index (χ0) is 9.14. The van der Waals surface area contributed by atoms with Gasteiger partial charge in [-0.25, -0.2) is 0 Å². The lowest BCUT2D eigenvalue weighted by molar-refractivity contribution is -0.0328. The largest absolute Gasteiger partial charge is 0.394 e. The van der Waals surface area contributed by atoms with Crippen LogP contribution >= 0.6 is 12.4 Å². The summed E-state index contributed by atoms with van der Waals surface area (Å²) in [5, 5.41) is 30.1. The van der Waals surface area contributed by atoms with Gasteiger partial charge in [-0.05, 0) is 0 Å². The van der Waals surface area contributed by atoms with Crippen molar-refractivity contribution >= 4 is 12.4 Å². The average molecular weight is 214 g/mol. The number of hydrogen-bond donors (Lipinski definition) is 4. The van der Waals surface area contributed by atoms with E-state index in [4.69, 9.17) is 9.84 Å². The van der Waals surface area contributed by atoms with E-state index >= 15 is 0 Å². The minimum atomic E-state index is -0.882. The van der Waals surface area contributed by atoms with Crippen molar-refractivity contribution in [2.24, 2.45) is 0 Å². The van der Waals surface area contributed by atoms with Crippen molar-refractivity contribution in [1.82, 2.24) is 5.32 Å². The zero-order valence-corrected chi connectivity index (χ0v) is 8.20. The Kier molecular flexibility index (Phi) is 5.78. The molecular weight excluding hydrogens is 198 g/mol. The lowest BCUT2D eigenvalue weighted by Gasteiger charge is -2.23. The molecule has 0 saturated carbocycles. The molecule has 5 nitrogen and oxygen atoms in total. The molecule has 13 heavy (non-hydrogen) atoms. The molecule has 1 aliphatic rings. The van der Waals surface area contributed by atoms with Gasteiger partial charge >= 0.3 is 0 Å². The van der Waals surface area contributed by atoms with E-state index < -0.39 is 18.3 Å². The molecule has 0 aliphatic carbocycles. The number of nitrogens with one attached hydrogen (secondary N) is 1. The number of ether oxygens (including phenoxy) is 1. The summed E-state index contributed by atoms with van der Waals surface area (Å²) in [4.78, 5) is 0. The third-order valence-corrected chi connectivity index (χ3v) is 2.17. The van der Waals surface area contributed by atoms with Crippen molar-refractivity contribution in [1.29, 1.82) is 0 Å². The normalized spacial score (nSPS) is 35.5. The first-order chi connectivity index (χ1) is 5.70. The first-order valence-corrected chi connectivity index (χ1v) is 3.94. The topological polar surface area (TPSA) is 82.0 Å². The maximum Gasteiger partial charge on any atom is 0.102 e. The molecule has 0 unspecified atom stereocenters. The van der Waals surface area contributed by atoms with E-state index in [2.05, 4.69) is 5.32 Å². The molecule has 4 atom stereocenters. The van der Waals surface area contributed by atoms with Gasteiger partial charge in [0.2, 0.25) is 0 Å². The van der Waals surface area contributed by atoms with E-state index in [-0.39, 0.29) is 25.1 Å². The van der Waals surface area contributed by atoms with Crippen LogP contribution in [0.15, 0.2) is 0 Å². The first-order valence-electron chi connectivity index (χ1n) is 3.94. The predicted octanol–water partition coefficient (Wildman–Crippen LogP) is -1.89. The Morgan fingerprint density at radius 3 is 2.69 bits per heavy atom. The number of rotatable bonds is 3. The molecule has 80 valence electrons. The van der Waals surface area contributed by atoms with Gasteiger partial charge in [0, 0.05) is 13.7 Å². The zero-order valence-electron chi connectivity index (χ0n) is 7.38. The van der Waals surface area contributed by atoms with Crippen LogP contribution in [0.5, 0.6) is 0 Å². The van der Waals surface area contributed by atoms with Gasteiger partial charge in [-0.2, -0.15) is 0 Å². The number of halogens is 1. The highest BCUT2D eigenvalue weighted by Crippen LogP contribution is 2.14. The van der Waals surface area contributed by atoms with Gasteiger partial charge in [0.25, 0.3) is 0 Å². The Morgan fingerprint density at radius 1 is 1.62 bits per heavy atom. The van der Waals surface area contributed by atoms with E-state index in [1.807, 2.05) is 0 Å². The number of β-amino-alcohol motifs (C(OH)–C–C–N with tert-alkyl or cyclic N) is 1. The molecule has 6 heteroatoms. The lowest BCUT2D eigenvalue weighted by Crippen LogP contribution is -2.45. The van der Waals surface area contributed by atoms with E-state index in [1.54, 1.807) is 0 Å². The van der Waals surface area contributed by atoms with Crippen LogP contribution < -0.4 is 5.32 Å². The van der Waals surface area contributed by atoms with Crippen molar-refractivity contribution in [3.63, 3.8) is 0 Å². The second-order valence-corrected chi connectivity index (χ2v) is 2.95. The highest BCUT2D eigenvalue weighted by Gasteiger charge is 2.38. The Morgan fingerprint density at radius 2 is 2.23 bits per heavy atom. The molecule has 1 fully saturated rings. The summed E-state index contributed by atoms with van der Waals surface area (Å²) < 4.78 is 4.98. The third-order valence-electron chi connectivity index (χ3n) is 2.17. The van der Waals surface area contributed by atoms with Crippen molar-refractivity contribution in [3.05, 3.63) is 0 Å². The molecule has 1 rings (SSSR count). The fraction of sp³-hybridized carbons (Fsp3) is 1.00. The van der Waals surface area contributed by atoms with Crippen LogP contribution in [0, 0.1) is 0 Å². The van der Waals surface area contributed by atoms with Gasteiger partial charge < -0.3 is 25.4 Å². The molecule has 4 N–H and O–H groups in total. The van der Waals surface area contributed by atoms with Crippen molar-refractivity contribution in [2.45, 2.75) is 24.4 Å². The van der Waals surface area contributed by atoms with Crippen LogP contribution in [0.2, 0.25) is 0 Å². The summed E-state index contributed by atoms with van der Waals surface area (Å²) in [7, 11) is 1.47. The Bertz CT molecular complexity index is 148. The Hall–Kier alpha value is 0.0900. The monoisotopic (exact) mass is 213 g/mol. The van der Waals surface area contributed by atoms with Gasteiger partial charge in [-0.3, -0.25) is 0 Å². The Labute approximate surface area is 83.1 Å². The first kappa shape index (κ1) is 13.1. The predicted molar refractivity (Wildman–Crippen MR) is 48.9 cm³/mol. The maximum absolute atomic E-state index is 9.32. The number of hydrogen-bond acceptors (Lipinski definition) is 5. The van der Waals surface area contributed by atoms with E-state index in [1.165, 1.54) is 7.11 Å². The molecule has 1 saturated heterocycles. The highest BCUT2D eigenvalue weighted by molar-refractivity contribution is 5.85. The van der Waals surface area contributed by atoms with Crippen molar-refractivity contribution in [2.75, 3.05) is 20.3 Å². The summed E-state index contributed by atoms with van der Waals surface area (Å²) in [6.07, 6.45) is -1.93. The number of methoxy groups -OCH3 is 1. The summed E-state index contributed by atoms with van der Waals surface area (Å²) in [5.41, 5.74) is 0.